The van der Waals surface area contributed by atoms with Gasteiger partial charge in [-0.3, -0.25) is 4.99 Å². The van der Waals surface area contributed by atoms with Gasteiger partial charge in [-0.1, -0.05) is 6.07 Å². The second-order valence-corrected chi connectivity index (χ2v) is 7.13. The molecule has 0 aliphatic heterocycles. The van der Waals surface area contributed by atoms with E-state index in [9.17, 15) is 8.78 Å². The zero-order valence-electron chi connectivity index (χ0n) is 16.8. The zero-order valence-corrected chi connectivity index (χ0v) is 20.0. The average molecular weight is 540 g/mol. The molecule has 0 bridgehead atoms. The molecular formula is C19H27F2IN4O2S. The van der Waals surface area contributed by atoms with E-state index in [0.29, 0.717) is 23.8 Å². The Morgan fingerprint density at radius 1 is 1.24 bits per heavy atom. The van der Waals surface area contributed by atoms with Crippen molar-refractivity contribution in [3.05, 3.63) is 46.2 Å². The third-order valence-corrected chi connectivity index (χ3v) is 5.08. The van der Waals surface area contributed by atoms with E-state index in [2.05, 4.69) is 31.3 Å². The third-order valence-electron chi connectivity index (χ3n) is 4.11. The van der Waals surface area contributed by atoms with Gasteiger partial charge in [0.05, 0.1) is 13.2 Å². The normalized spacial score (nSPS) is 12.5. The summed E-state index contributed by atoms with van der Waals surface area (Å²) in [6.45, 7) is -1.99. The van der Waals surface area contributed by atoms with Crippen LogP contribution in [0.3, 0.4) is 0 Å². The van der Waals surface area contributed by atoms with E-state index in [1.54, 1.807) is 30.5 Å². The van der Waals surface area contributed by atoms with Crippen LogP contribution in [0.2, 0.25) is 0 Å². The molecule has 1 unspecified atom stereocenters. The maximum atomic E-state index is 12.7. The third kappa shape index (κ3) is 7.94. The van der Waals surface area contributed by atoms with Crippen LogP contribution in [0.15, 0.2) is 40.7 Å². The summed E-state index contributed by atoms with van der Waals surface area (Å²) in [6.07, 6.45) is 0. The van der Waals surface area contributed by atoms with Crippen LogP contribution in [0.1, 0.15) is 16.5 Å². The molecule has 162 valence electrons. The Bertz CT molecular complexity index is 761. The van der Waals surface area contributed by atoms with Crippen LogP contribution >= 0.6 is 35.3 Å². The van der Waals surface area contributed by atoms with Gasteiger partial charge in [0.15, 0.2) is 5.96 Å². The van der Waals surface area contributed by atoms with Gasteiger partial charge in [-0.2, -0.15) is 8.78 Å². The van der Waals surface area contributed by atoms with Crippen molar-refractivity contribution in [2.24, 2.45) is 4.99 Å². The van der Waals surface area contributed by atoms with Crippen LogP contribution in [-0.4, -0.2) is 52.3 Å². The number of thiophene rings is 1. The van der Waals surface area contributed by atoms with Gasteiger partial charge in [-0.05, 0) is 43.7 Å². The largest absolute Gasteiger partial charge is 0.497 e. The summed E-state index contributed by atoms with van der Waals surface area (Å²) in [4.78, 5) is 7.58. The van der Waals surface area contributed by atoms with Crippen molar-refractivity contribution in [3.8, 4) is 11.5 Å². The Morgan fingerprint density at radius 3 is 2.55 bits per heavy atom. The van der Waals surface area contributed by atoms with E-state index in [0.717, 1.165) is 0 Å². The van der Waals surface area contributed by atoms with Crippen LogP contribution in [0, 0.1) is 0 Å². The number of alkyl halides is 2. The lowest BCUT2D eigenvalue weighted by Crippen LogP contribution is -2.41. The molecule has 0 radical (unpaired) electrons. The van der Waals surface area contributed by atoms with Gasteiger partial charge in [0.2, 0.25) is 0 Å². The van der Waals surface area contributed by atoms with Crippen molar-refractivity contribution in [2.75, 3.05) is 34.8 Å². The highest BCUT2D eigenvalue weighted by Gasteiger charge is 2.16. The fraction of sp³-hybridized carbons (Fsp3) is 0.421. The van der Waals surface area contributed by atoms with Crippen LogP contribution in [-0.2, 0) is 6.54 Å². The quantitative estimate of drug-likeness (QED) is 0.287. The molecule has 0 saturated heterocycles. The van der Waals surface area contributed by atoms with Crippen LogP contribution in [0.5, 0.6) is 11.5 Å². The smallest absolute Gasteiger partial charge is 0.387 e. The fourth-order valence-corrected chi connectivity index (χ4v) is 3.57. The number of aliphatic imine (C=N–C) groups is 1. The molecular weight excluding hydrogens is 513 g/mol. The highest BCUT2D eigenvalue weighted by molar-refractivity contribution is 14.0. The molecule has 0 fully saturated rings. The molecule has 0 aliphatic rings. The molecule has 29 heavy (non-hydrogen) atoms. The van der Waals surface area contributed by atoms with Gasteiger partial charge >= 0.3 is 6.61 Å². The summed E-state index contributed by atoms with van der Waals surface area (Å²) >= 11 is 1.70. The number of guanidine groups is 1. The van der Waals surface area contributed by atoms with E-state index in [1.807, 2.05) is 25.5 Å². The average Bonchev–Trinajstić information content (AvgIpc) is 3.19. The minimum Gasteiger partial charge on any atom is -0.497 e. The van der Waals surface area contributed by atoms with Crippen molar-refractivity contribution in [2.45, 2.75) is 19.2 Å². The summed E-state index contributed by atoms with van der Waals surface area (Å²) in [5.74, 6) is 1.23. The second kappa shape index (κ2) is 12.8. The Kier molecular flexibility index (Phi) is 11.2. The van der Waals surface area contributed by atoms with Gasteiger partial charge in [0, 0.05) is 30.6 Å². The highest BCUT2D eigenvalue weighted by atomic mass is 127. The summed E-state index contributed by atoms with van der Waals surface area (Å²) in [7, 11) is 7.22. The number of rotatable bonds is 9. The van der Waals surface area contributed by atoms with Crippen LogP contribution in [0.4, 0.5) is 8.78 Å². The van der Waals surface area contributed by atoms with Gasteiger partial charge in [0.25, 0.3) is 0 Å². The Hall–Kier alpha value is -1.66. The van der Waals surface area contributed by atoms with E-state index in [-0.39, 0.29) is 42.3 Å². The first-order valence-electron chi connectivity index (χ1n) is 8.70. The zero-order chi connectivity index (χ0) is 20.5. The number of benzene rings is 1. The number of halogens is 3. The molecule has 2 N–H and O–H groups in total. The first-order valence-corrected chi connectivity index (χ1v) is 9.58. The van der Waals surface area contributed by atoms with E-state index in [1.165, 1.54) is 18.1 Å². The van der Waals surface area contributed by atoms with Crippen molar-refractivity contribution in [1.82, 2.24) is 15.5 Å². The lowest BCUT2D eigenvalue weighted by molar-refractivity contribution is -0.0504. The predicted octanol–water partition coefficient (Wildman–Crippen LogP) is 3.94. The topological polar surface area (TPSA) is 58.1 Å². The summed E-state index contributed by atoms with van der Waals surface area (Å²) in [5.41, 5.74) is 0.546. The summed E-state index contributed by atoms with van der Waals surface area (Å²) in [5, 5.41) is 8.46. The van der Waals surface area contributed by atoms with Gasteiger partial charge in [-0.15, -0.1) is 35.3 Å². The molecule has 6 nitrogen and oxygen atoms in total. The molecule has 1 atom stereocenters. The van der Waals surface area contributed by atoms with Crippen molar-refractivity contribution < 1.29 is 18.3 Å². The molecule has 1 heterocycles. The van der Waals surface area contributed by atoms with Gasteiger partial charge in [0.1, 0.15) is 11.5 Å². The standard InChI is InChI=1S/C19H26F2N4O2S.HI/c1-22-19(24-12-15(25(2)3)17-6-5-9-28-17)23-11-13-10-14(26-4)7-8-16(13)27-18(20)21;/h5-10,15,18H,11-12H2,1-4H3,(H2,22,23,24);1H. The number of nitrogens with zero attached hydrogens (tertiary/aromatic N) is 2. The molecule has 1 aromatic carbocycles. The SMILES string of the molecule is CN=C(NCc1cc(OC)ccc1OC(F)F)NCC(c1cccs1)N(C)C.I. The number of hydrogen-bond acceptors (Lipinski definition) is 5. The molecule has 0 spiro atoms. The summed E-state index contributed by atoms with van der Waals surface area (Å²) < 4.78 is 35.1. The maximum absolute atomic E-state index is 12.7. The Labute approximate surface area is 191 Å². The molecule has 2 aromatic rings. The first kappa shape index (κ1) is 25.4. The Morgan fingerprint density at radius 2 is 2.00 bits per heavy atom. The van der Waals surface area contributed by atoms with E-state index in [4.69, 9.17) is 4.74 Å². The number of ether oxygens (including phenoxy) is 2. The molecule has 0 saturated carbocycles. The van der Waals surface area contributed by atoms with E-state index < -0.39 is 6.61 Å². The van der Waals surface area contributed by atoms with Crippen molar-refractivity contribution in [1.29, 1.82) is 0 Å². The molecule has 2 rings (SSSR count). The number of likely N-dealkylation sites (N-methyl/N-ethyl adjacent to an activating group) is 1. The molecule has 1 aromatic heterocycles. The predicted molar refractivity (Wildman–Crippen MR) is 124 cm³/mol. The minimum atomic E-state index is -2.89. The number of nitrogens with one attached hydrogen (secondary N) is 2. The molecule has 10 heteroatoms. The van der Waals surface area contributed by atoms with Crippen molar-refractivity contribution >= 4 is 41.3 Å². The number of methoxy groups -OCH3 is 1. The van der Waals surface area contributed by atoms with E-state index >= 15 is 0 Å². The highest BCUT2D eigenvalue weighted by Crippen LogP contribution is 2.26. The van der Waals surface area contributed by atoms with Crippen LogP contribution in [0.25, 0.3) is 0 Å². The lowest BCUT2D eigenvalue weighted by atomic mass is 10.2. The lowest BCUT2D eigenvalue weighted by Gasteiger charge is -2.24. The van der Waals surface area contributed by atoms with Gasteiger partial charge in [-0.25, -0.2) is 0 Å². The monoisotopic (exact) mass is 540 g/mol. The maximum Gasteiger partial charge on any atom is 0.387 e. The number of hydrogen-bond donors (Lipinski definition) is 2. The van der Waals surface area contributed by atoms with Gasteiger partial charge < -0.3 is 25.0 Å². The molecule has 0 amide bonds. The first-order chi connectivity index (χ1) is 13.4. The second-order valence-electron chi connectivity index (χ2n) is 6.15. The van der Waals surface area contributed by atoms with Crippen LogP contribution < -0.4 is 20.1 Å². The molecule has 0 aliphatic carbocycles. The summed E-state index contributed by atoms with van der Waals surface area (Å²) in [6, 6.07) is 9.02. The minimum absolute atomic E-state index is 0. The Balaban J connectivity index is 0.00000420. The fourth-order valence-electron chi connectivity index (χ4n) is 2.64. The van der Waals surface area contributed by atoms with Crippen molar-refractivity contribution in [3.63, 3.8) is 0 Å².